The summed E-state index contributed by atoms with van der Waals surface area (Å²) < 4.78 is 1.68. The molecule has 0 saturated heterocycles. The van der Waals surface area contributed by atoms with Gasteiger partial charge in [0.05, 0.1) is 11.4 Å². The Kier molecular flexibility index (Phi) is 3.63. The Morgan fingerprint density at radius 3 is 3.17 bits per heavy atom. The second kappa shape index (κ2) is 5.92. The first kappa shape index (κ1) is 14.1. The highest BCUT2D eigenvalue weighted by Crippen LogP contribution is 2.30. The molecule has 1 N–H and O–H groups in total. The predicted molar refractivity (Wildman–Crippen MR) is 87.7 cm³/mol. The number of rotatable bonds is 4. The second-order valence-electron chi connectivity index (χ2n) is 5.49. The van der Waals surface area contributed by atoms with Crippen molar-refractivity contribution in [2.75, 3.05) is 5.32 Å². The van der Waals surface area contributed by atoms with Crippen LogP contribution in [0.3, 0.4) is 0 Å². The van der Waals surface area contributed by atoms with Crippen molar-refractivity contribution in [3.63, 3.8) is 0 Å². The number of fused-ring (bicyclic) bond motifs is 1. The number of thiophene rings is 1. The number of amides is 1. The van der Waals surface area contributed by atoms with Crippen molar-refractivity contribution in [3.05, 3.63) is 57.8 Å². The molecule has 0 saturated carbocycles. The molecule has 1 aliphatic rings. The van der Waals surface area contributed by atoms with Gasteiger partial charge < -0.3 is 0 Å². The maximum atomic E-state index is 12.3. The fourth-order valence-corrected chi connectivity index (χ4v) is 3.86. The van der Waals surface area contributed by atoms with Gasteiger partial charge in [0, 0.05) is 17.3 Å². The number of aryl methyl sites for hydroxylation is 2. The van der Waals surface area contributed by atoms with Gasteiger partial charge in [0.15, 0.2) is 0 Å². The van der Waals surface area contributed by atoms with Gasteiger partial charge in [0.1, 0.15) is 6.33 Å². The van der Waals surface area contributed by atoms with Gasteiger partial charge >= 0.3 is 0 Å². The van der Waals surface area contributed by atoms with Crippen molar-refractivity contribution in [2.24, 2.45) is 0 Å². The van der Waals surface area contributed by atoms with Crippen LogP contribution >= 0.6 is 11.3 Å². The molecule has 0 atom stereocenters. The number of aromatic nitrogens is 4. The highest BCUT2D eigenvalue weighted by molar-refractivity contribution is 7.14. The van der Waals surface area contributed by atoms with Crippen molar-refractivity contribution in [1.82, 2.24) is 19.7 Å². The van der Waals surface area contributed by atoms with Crippen molar-refractivity contribution in [3.8, 4) is 0 Å². The molecule has 0 radical (unpaired) electrons. The standard InChI is InChI=1S/C16H15N5OS/c22-15(14-7-12-4-1-5-13(12)23-14)19-16-18-10-21(20-16)9-11-3-2-6-17-8-11/h2-3,6-8,10H,1,4-5,9H2,(H,19,20,22). The summed E-state index contributed by atoms with van der Waals surface area (Å²) in [5, 5.41) is 7.05. The van der Waals surface area contributed by atoms with Crippen LogP contribution in [0.2, 0.25) is 0 Å². The van der Waals surface area contributed by atoms with E-state index >= 15 is 0 Å². The van der Waals surface area contributed by atoms with Gasteiger partial charge in [-0.2, -0.15) is 0 Å². The van der Waals surface area contributed by atoms with Crippen LogP contribution in [0, 0.1) is 0 Å². The molecule has 6 nitrogen and oxygen atoms in total. The number of nitrogens with zero attached hydrogens (tertiary/aromatic N) is 4. The third kappa shape index (κ3) is 3.00. The van der Waals surface area contributed by atoms with Crippen molar-refractivity contribution in [2.45, 2.75) is 25.8 Å². The Morgan fingerprint density at radius 1 is 1.39 bits per heavy atom. The summed E-state index contributed by atoms with van der Waals surface area (Å²) in [7, 11) is 0. The molecule has 0 bridgehead atoms. The lowest BCUT2D eigenvalue weighted by atomic mass is 10.2. The zero-order valence-corrected chi connectivity index (χ0v) is 13.2. The highest BCUT2D eigenvalue weighted by Gasteiger charge is 2.19. The molecule has 7 heteroatoms. The summed E-state index contributed by atoms with van der Waals surface area (Å²) in [4.78, 5) is 22.6. The number of hydrogen-bond acceptors (Lipinski definition) is 5. The molecule has 23 heavy (non-hydrogen) atoms. The molecule has 1 aliphatic carbocycles. The lowest BCUT2D eigenvalue weighted by molar-refractivity contribution is 0.102. The van der Waals surface area contributed by atoms with Gasteiger partial charge in [-0.15, -0.1) is 16.4 Å². The minimum Gasteiger partial charge on any atom is -0.288 e. The molecule has 1 amide bonds. The van der Waals surface area contributed by atoms with E-state index in [0.717, 1.165) is 23.3 Å². The first-order valence-electron chi connectivity index (χ1n) is 7.49. The minimum absolute atomic E-state index is 0.136. The summed E-state index contributed by atoms with van der Waals surface area (Å²) in [6.45, 7) is 0.573. The van der Waals surface area contributed by atoms with E-state index in [1.54, 1.807) is 34.7 Å². The normalized spacial score (nSPS) is 13.0. The average molecular weight is 325 g/mol. The lowest BCUT2D eigenvalue weighted by Crippen LogP contribution is -2.12. The van der Waals surface area contributed by atoms with Crippen LogP contribution in [0.15, 0.2) is 36.9 Å². The monoisotopic (exact) mass is 325 g/mol. The van der Waals surface area contributed by atoms with E-state index < -0.39 is 0 Å². The number of anilines is 1. The van der Waals surface area contributed by atoms with Crippen molar-refractivity contribution < 1.29 is 4.79 Å². The molecule has 0 fully saturated rings. The Morgan fingerprint density at radius 2 is 2.35 bits per heavy atom. The van der Waals surface area contributed by atoms with E-state index in [2.05, 4.69) is 20.4 Å². The summed E-state index contributed by atoms with van der Waals surface area (Å²) >= 11 is 1.58. The zero-order chi connectivity index (χ0) is 15.6. The van der Waals surface area contributed by atoms with Crippen LogP contribution in [0.5, 0.6) is 0 Å². The Bertz CT molecular complexity index is 818. The fourth-order valence-electron chi connectivity index (χ4n) is 2.71. The number of carbonyl (C=O) groups is 1. The first-order valence-corrected chi connectivity index (χ1v) is 8.31. The van der Waals surface area contributed by atoms with Gasteiger partial charge in [0.2, 0.25) is 5.95 Å². The molecule has 0 aromatic carbocycles. The zero-order valence-electron chi connectivity index (χ0n) is 12.4. The quantitative estimate of drug-likeness (QED) is 0.800. The van der Waals surface area contributed by atoms with Gasteiger partial charge in [-0.25, -0.2) is 9.67 Å². The molecule has 3 aromatic heterocycles. The van der Waals surface area contributed by atoms with E-state index in [1.807, 2.05) is 18.2 Å². The van der Waals surface area contributed by atoms with Gasteiger partial charge in [-0.3, -0.25) is 15.1 Å². The second-order valence-corrected chi connectivity index (χ2v) is 6.63. The van der Waals surface area contributed by atoms with Crippen molar-refractivity contribution in [1.29, 1.82) is 0 Å². The Labute approximate surface area is 137 Å². The predicted octanol–water partition coefficient (Wildman–Crippen LogP) is 2.52. The lowest BCUT2D eigenvalue weighted by Gasteiger charge is -2.00. The molecule has 116 valence electrons. The smallest absolute Gasteiger partial charge is 0.268 e. The van der Waals surface area contributed by atoms with Gasteiger partial charge in [-0.05, 0) is 42.5 Å². The van der Waals surface area contributed by atoms with E-state index in [4.69, 9.17) is 0 Å². The topological polar surface area (TPSA) is 72.7 Å². The van der Waals surface area contributed by atoms with E-state index in [-0.39, 0.29) is 5.91 Å². The van der Waals surface area contributed by atoms with Crippen LogP contribution in [-0.2, 0) is 19.4 Å². The van der Waals surface area contributed by atoms with E-state index in [9.17, 15) is 4.79 Å². The largest absolute Gasteiger partial charge is 0.288 e. The molecule has 0 aliphatic heterocycles. The summed E-state index contributed by atoms with van der Waals surface area (Å²) in [6, 6.07) is 5.85. The molecule has 0 spiro atoms. The molecule has 0 unspecified atom stereocenters. The summed E-state index contributed by atoms with van der Waals surface area (Å²) in [5.41, 5.74) is 2.35. The average Bonchev–Trinajstić information content (AvgIpc) is 3.24. The van der Waals surface area contributed by atoms with Crippen LogP contribution < -0.4 is 5.32 Å². The first-order chi connectivity index (χ1) is 11.3. The Balaban J connectivity index is 1.43. The number of carbonyl (C=O) groups excluding carboxylic acids is 1. The molecule has 3 aromatic rings. The summed E-state index contributed by atoms with van der Waals surface area (Å²) in [5.74, 6) is 0.191. The highest BCUT2D eigenvalue weighted by atomic mass is 32.1. The van der Waals surface area contributed by atoms with E-state index in [0.29, 0.717) is 12.5 Å². The summed E-state index contributed by atoms with van der Waals surface area (Å²) in [6.07, 6.45) is 8.49. The maximum absolute atomic E-state index is 12.3. The third-order valence-corrected chi connectivity index (χ3v) is 5.04. The molecular formula is C16H15N5OS. The molecule has 3 heterocycles. The van der Waals surface area contributed by atoms with Crippen LogP contribution in [-0.4, -0.2) is 25.7 Å². The van der Waals surface area contributed by atoms with Gasteiger partial charge in [0.25, 0.3) is 5.91 Å². The molecule has 4 rings (SSSR count). The molecular weight excluding hydrogens is 310 g/mol. The Hall–Kier alpha value is -2.54. The van der Waals surface area contributed by atoms with Crippen LogP contribution in [0.4, 0.5) is 5.95 Å². The SMILES string of the molecule is O=C(Nc1ncn(Cc2cccnc2)n1)c1cc2c(s1)CCC2. The van der Waals surface area contributed by atoms with Crippen LogP contribution in [0.25, 0.3) is 0 Å². The third-order valence-electron chi connectivity index (χ3n) is 3.80. The maximum Gasteiger partial charge on any atom is 0.268 e. The number of pyridine rings is 1. The number of hydrogen-bond donors (Lipinski definition) is 1. The van der Waals surface area contributed by atoms with E-state index in [1.165, 1.54) is 16.9 Å². The van der Waals surface area contributed by atoms with Crippen molar-refractivity contribution >= 4 is 23.2 Å². The minimum atomic E-state index is -0.136. The van der Waals surface area contributed by atoms with Gasteiger partial charge in [-0.1, -0.05) is 6.07 Å². The van der Waals surface area contributed by atoms with Crippen LogP contribution in [0.1, 0.15) is 32.1 Å². The fraction of sp³-hybridized carbons (Fsp3) is 0.250. The number of nitrogens with one attached hydrogen (secondary N) is 1.